The molecule has 0 aliphatic rings. The number of carbonyl (C=O) groups is 1. The number of esters is 1. The first-order valence-corrected chi connectivity index (χ1v) is 6.02. The molecule has 0 amide bonds. The summed E-state index contributed by atoms with van der Waals surface area (Å²) in [5, 5.41) is 0. The van der Waals surface area contributed by atoms with Gasteiger partial charge in [0.2, 0.25) is 0 Å². The molecular weight excluding hydrogens is 188 g/mol. The van der Waals surface area contributed by atoms with E-state index in [1.54, 1.807) is 0 Å². The topological polar surface area (TPSA) is 26.3 Å². The lowest BCUT2D eigenvalue weighted by Gasteiger charge is -2.22. The van der Waals surface area contributed by atoms with Crippen LogP contribution < -0.4 is 0 Å². The molecule has 0 aliphatic heterocycles. The predicted octanol–water partition coefficient (Wildman–Crippen LogP) is 3.50. The molecule has 2 unspecified atom stereocenters. The fourth-order valence-corrected chi connectivity index (χ4v) is 1.32. The van der Waals surface area contributed by atoms with Crippen molar-refractivity contribution in [3.63, 3.8) is 0 Å². The van der Waals surface area contributed by atoms with Crippen LogP contribution in [0.1, 0.15) is 48.0 Å². The van der Waals surface area contributed by atoms with Gasteiger partial charge >= 0.3 is 5.97 Å². The summed E-state index contributed by atoms with van der Waals surface area (Å²) in [5.74, 6) is 1.47. The van der Waals surface area contributed by atoms with Gasteiger partial charge in [-0.3, -0.25) is 4.79 Å². The van der Waals surface area contributed by atoms with Crippen LogP contribution in [-0.4, -0.2) is 12.6 Å². The van der Waals surface area contributed by atoms with Crippen LogP contribution in [0.4, 0.5) is 0 Å². The fraction of sp³-hybridized carbons (Fsp3) is 0.923. The summed E-state index contributed by atoms with van der Waals surface area (Å²) in [6.45, 7) is 13.2. The first kappa shape index (κ1) is 14.5. The minimum atomic E-state index is -0.0446. The molecular formula is C13H26O2. The van der Waals surface area contributed by atoms with E-state index in [-0.39, 0.29) is 11.9 Å². The molecule has 0 heterocycles. The summed E-state index contributed by atoms with van der Waals surface area (Å²) in [7, 11) is 0. The van der Waals surface area contributed by atoms with Crippen molar-refractivity contribution in [3.05, 3.63) is 0 Å². The normalized spacial score (nSPS) is 15.5. The number of hydrogen-bond acceptors (Lipinski definition) is 2. The lowest BCUT2D eigenvalue weighted by molar-refractivity contribution is -0.150. The zero-order valence-corrected chi connectivity index (χ0v) is 11.0. The van der Waals surface area contributed by atoms with Crippen LogP contribution in [0.15, 0.2) is 0 Å². The highest BCUT2D eigenvalue weighted by molar-refractivity contribution is 5.72. The molecule has 0 fully saturated rings. The minimum Gasteiger partial charge on any atom is -0.465 e. The van der Waals surface area contributed by atoms with Crippen LogP contribution in [0.3, 0.4) is 0 Å². The van der Waals surface area contributed by atoms with Gasteiger partial charge in [-0.15, -0.1) is 0 Å². The van der Waals surface area contributed by atoms with Gasteiger partial charge in [-0.05, 0) is 24.2 Å². The van der Waals surface area contributed by atoms with Crippen LogP contribution in [0, 0.1) is 23.7 Å². The summed E-state index contributed by atoms with van der Waals surface area (Å²) in [5.41, 5.74) is 0. The fourth-order valence-electron chi connectivity index (χ4n) is 1.32. The van der Waals surface area contributed by atoms with Crippen molar-refractivity contribution in [2.45, 2.75) is 48.0 Å². The summed E-state index contributed by atoms with van der Waals surface area (Å²) in [6, 6.07) is 0. The van der Waals surface area contributed by atoms with Gasteiger partial charge in [0.15, 0.2) is 0 Å². The van der Waals surface area contributed by atoms with E-state index in [1.165, 1.54) is 0 Å². The van der Waals surface area contributed by atoms with Gasteiger partial charge < -0.3 is 4.74 Å². The molecule has 2 nitrogen and oxygen atoms in total. The van der Waals surface area contributed by atoms with Gasteiger partial charge in [-0.25, -0.2) is 0 Å². The van der Waals surface area contributed by atoms with Crippen LogP contribution in [0.2, 0.25) is 0 Å². The van der Waals surface area contributed by atoms with Crippen molar-refractivity contribution in [3.8, 4) is 0 Å². The number of carbonyl (C=O) groups excluding carboxylic acids is 1. The Morgan fingerprint density at radius 2 is 1.60 bits per heavy atom. The maximum atomic E-state index is 11.6. The van der Waals surface area contributed by atoms with Crippen LogP contribution >= 0.6 is 0 Å². The lowest BCUT2D eigenvalue weighted by atomic mass is 9.86. The van der Waals surface area contributed by atoms with Crippen molar-refractivity contribution in [2.75, 3.05) is 6.61 Å². The Labute approximate surface area is 94.4 Å². The summed E-state index contributed by atoms with van der Waals surface area (Å²) >= 11 is 0. The molecule has 0 rings (SSSR count). The Hall–Kier alpha value is -0.530. The second kappa shape index (κ2) is 6.86. The molecule has 0 aromatic rings. The third-order valence-electron chi connectivity index (χ3n) is 3.15. The standard InChI is InChI=1S/C13H26O2/c1-9(2)7-8-15-13(14)12(6)11(5)10(3)4/h9-12H,7-8H2,1-6H3. The molecule has 15 heavy (non-hydrogen) atoms. The maximum absolute atomic E-state index is 11.6. The van der Waals surface area contributed by atoms with Gasteiger partial charge in [0.05, 0.1) is 12.5 Å². The van der Waals surface area contributed by atoms with Crippen LogP contribution in [-0.2, 0) is 9.53 Å². The largest absolute Gasteiger partial charge is 0.465 e. The van der Waals surface area contributed by atoms with E-state index in [1.807, 2.05) is 6.92 Å². The highest BCUT2D eigenvalue weighted by Gasteiger charge is 2.23. The summed E-state index contributed by atoms with van der Waals surface area (Å²) < 4.78 is 5.25. The van der Waals surface area contributed by atoms with E-state index >= 15 is 0 Å². The van der Waals surface area contributed by atoms with Gasteiger partial charge in [0.25, 0.3) is 0 Å². The Kier molecular flexibility index (Phi) is 6.62. The maximum Gasteiger partial charge on any atom is 0.308 e. The van der Waals surface area contributed by atoms with E-state index in [4.69, 9.17) is 4.74 Å². The van der Waals surface area contributed by atoms with Crippen molar-refractivity contribution in [1.82, 2.24) is 0 Å². The Morgan fingerprint density at radius 1 is 1.07 bits per heavy atom. The molecule has 0 saturated carbocycles. The second-order valence-corrected chi connectivity index (χ2v) is 5.24. The molecule has 0 radical (unpaired) electrons. The van der Waals surface area contributed by atoms with E-state index in [0.717, 1.165) is 6.42 Å². The molecule has 2 atom stereocenters. The summed E-state index contributed by atoms with van der Waals surface area (Å²) in [6.07, 6.45) is 0.953. The Morgan fingerprint density at radius 3 is 2.00 bits per heavy atom. The lowest BCUT2D eigenvalue weighted by Crippen LogP contribution is -2.25. The third-order valence-corrected chi connectivity index (χ3v) is 3.15. The van der Waals surface area contributed by atoms with Crippen LogP contribution in [0.25, 0.3) is 0 Å². The SMILES string of the molecule is CC(C)CCOC(=O)C(C)C(C)C(C)C. The highest BCUT2D eigenvalue weighted by atomic mass is 16.5. The van der Waals surface area contributed by atoms with Gasteiger partial charge in [0, 0.05) is 0 Å². The molecule has 0 aliphatic carbocycles. The van der Waals surface area contributed by atoms with Crippen molar-refractivity contribution in [1.29, 1.82) is 0 Å². The van der Waals surface area contributed by atoms with E-state index in [9.17, 15) is 4.79 Å². The molecule has 0 N–H and O–H groups in total. The molecule has 0 aromatic carbocycles. The van der Waals surface area contributed by atoms with Crippen molar-refractivity contribution in [2.24, 2.45) is 23.7 Å². The molecule has 0 spiro atoms. The first-order valence-electron chi connectivity index (χ1n) is 6.02. The predicted molar refractivity (Wildman–Crippen MR) is 63.6 cm³/mol. The van der Waals surface area contributed by atoms with Crippen molar-refractivity contribution >= 4 is 5.97 Å². The van der Waals surface area contributed by atoms with E-state index < -0.39 is 0 Å². The van der Waals surface area contributed by atoms with Crippen LogP contribution in [0.5, 0.6) is 0 Å². The minimum absolute atomic E-state index is 0.0113. The quantitative estimate of drug-likeness (QED) is 0.632. The Bertz CT molecular complexity index is 185. The van der Waals surface area contributed by atoms with Gasteiger partial charge in [0.1, 0.15) is 0 Å². The zero-order chi connectivity index (χ0) is 12.0. The molecule has 0 aromatic heterocycles. The van der Waals surface area contributed by atoms with Gasteiger partial charge in [-0.1, -0.05) is 41.5 Å². The second-order valence-electron chi connectivity index (χ2n) is 5.24. The smallest absolute Gasteiger partial charge is 0.308 e. The van der Waals surface area contributed by atoms with E-state index in [2.05, 4.69) is 34.6 Å². The van der Waals surface area contributed by atoms with E-state index in [0.29, 0.717) is 24.4 Å². The monoisotopic (exact) mass is 214 g/mol. The summed E-state index contributed by atoms with van der Waals surface area (Å²) in [4.78, 5) is 11.6. The first-order chi connectivity index (χ1) is 6.86. The van der Waals surface area contributed by atoms with Crippen molar-refractivity contribution < 1.29 is 9.53 Å². The number of ether oxygens (including phenoxy) is 1. The average Bonchev–Trinajstić information content (AvgIpc) is 2.14. The highest BCUT2D eigenvalue weighted by Crippen LogP contribution is 2.21. The molecule has 0 bridgehead atoms. The van der Waals surface area contributed by atoms with Gasteiger partial charge in [-0.2, -0.15) is 0 Å². The third kappa shape index (κ3) is 5.81. The number of rotatable bonds is 6. The molecule has 90 valence electrons. The molecule has 2 heteroatoms. The number of hydrogen-bond donors (Lipinski definition) is 0. The zero-order valence-electron chi connectivity index (χ0n) is 11.0. The average molecular weight is 214 g/mol. The Balaban J connectivity index is 3.89. The molecule has 0 saturated heterocycles.